The van der Waals surface area contributed by atoms with Gasteiger partial charge in [-0.15, -0.1) is 0 Å². The van der Waals surface area contributed by atoms with Crippen LogP contribution in [0.15, 0.2) is 36.4 Å². The predicted octanol–water partition coefficient (Wildman–Crippen LogP) is 5.18. The van der Waals surface area contributed by atoms with Crippen molar-refractivity contribution in [3.8, 4) is 5.75 Å². The van der Waals surface area contributed by atoms with Crippen LogP contribution < -0.4 is 4.74 Å². The van der Waals surface area contributed by atoms with Crippen molar-refractivity contribution in [3.63, 3.8) is 0 Å². The van der Waals surface area contributed by atoms with Crippen molar-refractivity contribution in [2.24, 2.45) is 0 Å². The van der Waals surface area contributed by atoms with Crippen LogP contribution in [0.25, 0.3) is 10.8 Å². The molecular formula is C17H23O4P. The number of hydrogen-bond donors (Lipinski definition) is 0. The monoisotopic (exact) mass is 322 g/mol. The van der Waals surface area contributed by atoms with Gasteiger partial charge in [0.1, 0.15) is 5.75 Å². The van der Waals surface area contributed by atoms with Gasteiger partial charge < -0.3 is 13.8 Å². The fraction of sp³-hybridized carbons (Fsp3) is 0.412. The summed E-state index contributed by atoms with van der Waals surface area (Å²) in [5.74, 6) is 0.822. The van der Waals surface area contributed by atoms with Crippen molar-refractivity contribution in [2.75, 3.05) is 20.3 Å². The number of ether oxygens (including phenoxy) is 1. The van der Waals surface area contributed by atoms with Crippen LogP contribution in [0.3, 0.4) is 0 Å². The summed E-state index contributed by atoms with van der Waals surface area (Å²) in [4.78, 5) is 0. The Morgan fingerprint density at radius 1 is 1.00 bits per heavy atom. The zero-order valence-corrected chi connectivity index (χ0v) is 14.4. The van der Waals surface area contributed by atoms with Gasteiger partial charge >= 0.3 is 7.60 Å². The molecule has 22 heavy (non-hydrogen) atoms. The summed E-state index contributed by atoms with van der Waals surface area (Å²) in [5.41, 5.74) is 0.641. The molecule has 1 atom stereocenters. The van der Waals surface area contributed by atoms with Gasteiger partial charge in [0.25, 0.3) is 0 Å². The molecule has 0 saturated carbocycles. The van der Waals surface area contributed by atoms with Crippen molar-refractivity contribution in [3.05, 3.63) is 42.0 Å². The first-order chi connectivity index (χ1) is 10.5. The third-order valence-corrected chi connectivity index (χ3v) is 6.13. The van der Waals surface area contributed by atoms with Crippen LogP contribution in [0.2, 0.25) is 0 Å². The van der Waals surface area contributed by atoms with Gasteiger partial charge in [-0.2, -0.15) is 0 Å². The maximum atomic E-state index is 12.9. The topological polar surface area (TPSA) is 44.8 Å². The number of hydrogen-bond acceptors (Lipinski definition) is 4. The number of rotatable bonds is 7. The lowest BCUT2D eigenvalue weighted by Crippen LogP contribution is -2.03. The first-order valence-corrected chi connectivity index (χ1v) is 9.11. The van der Waals surface area contributed by atoms with E-state index in [1.165, 1.54) is 0 Å². The lowest BCUT2D eigenvalue weighted by molar-refractivity contribution is 0.213. The summed E-state index contributed by atoms with van der Waals surface area (Å²) in [6.07, 6.45) is 0. The van der Waals surface area contributed by atoms with Crippen molar-refractivity contribution in [1.29, 1.82) is 0 Å². The molecule has 0 aliphatic heterocycles. The maximum Gasteiger partial charge on any atom is 0.337 e. The van der Waals surface area contributed by atoms with Crippen LogP contribution in [0.1, 0.15) is 32.0 Å². The normalized spacial score (nSPS) is 13.3. The average Bonchev–Trinajstić information content (AvgIpc) is 2.53. The molecule has 120 valence electrons. The van der Waals surface area contributed by atoms with Gasteiger partial charge in [0.15, 0.2) is 0 Å². The molecule has 0 aromatic heterocycles. The van der Waals surface area contributed by atoms with Crippen molar-refractivity contribution in [2.45, 2.75) is 26.4 Å². The van der Waals surface area contributed by atoms with Crippen molar-refractivity contribution < 1.29 is 18.3 Å². The van der Waals surface area contributed by atoms with E-state index in [2.05, 4.69) is 0 Å². The Morgan fingerprint density at radius 2 is 1.59 bits per heavy atom. The van der Waals surface area contributed by atoms with Gasteiger partial charge in [-0.25, -0.2) is 0 Å². The van der Waals surface area contributed by atoms with E-state index in [4.69, 9.17) is 13.8 Å². The highest BCUT2D eigenvalue weighted by molar-refractivity contribution is 7.54. The molecule has 0 fully saturated rings. The Bertz CT molecular complexity index is 673. The second-order valence-corrected chi connectivity index (χ2v) is 7.39. The van der Waals surface area contributed by atoms with E-state index in [1.807, 2.05) is 57.2 Å². The number of fused-ring (bicyclic) bond motifs is 1. The van der Waals surface area contributed by atoms with Crippen molar-refractivity contribution >= 4 is 18.4 Å². The zero-order valence-electron chi connectivity index (χ0n) is 13.5. The minimum Gasteiger partial charge on any atom is -0.497 e. The van der Waals surface area contributed by atoms with Gasteiger partial charge in [0.2, 0.25) is 0 Å². The Kier molecular flexibility index (Phi) is 5.63. The Hall–Kier alpha value is -1.35. The molecule has 0 amide bonds. The Balaban J connectivity index is 2.38. The van der Waals surface area contributed by atoms with Crippen LogP contribution >= 0.6 is 7.60 Å². The molecule has 0 bridgehead atoms. The van der Waals surface area contributed by atoms with E-state index in [0.29, 0.717) is 13.2 Å². The van der Waals surface area contributed by atoms with E-state index in [9.17, 15) is 4.57 Å². The lowest BCUT2D eigenvalue weighted by Gasteiger charge is -2.23. The summed E-state index contributed by atoms with van der Waals surface area (Å²) in [6.45, 7) is 6.27. The van der Waals surface area contributed by atoms with Gasteiger partial charge in [0, 0.05) is 0 Å². The molecule has 1 unspecified atom stereocenters. The number of benzene rings is 2. The number of methoxy groups -OCH3 is 1. The summed E-state index contributed by atoms with van der Waals surface area (Å²) < 4.78 is 29.0. The fourth-order valence-corrected chi connectivity index (χ4v) is 4.20. The minimum absolute atomic E-state index is 0.307. The third-order valence-electron chi connectivity index (χ3n) is 3.65. The smallest absolute Gasteiger partial charge is 0.337 e. The van der Waals surface area contributed by atoms with Crippen LogP contribution in [0.5, 0.6) is 5.75 Å². The molecule has 4 nitrogen and oxygen atoms in total. The Morgan fingerprint density at radius 3 is 2.18 bits per heavy atom. The highest BCUT2D eigenvalue weighted by atomic mass is 31.2. The molecule has 0 N–H and O–H groups in total. The van der Waals surface area contributed by atoms with Gasteiger partial charge in [-0.05, 0) is 49.2 Å². The molecule has 5 heteroatoms. The van der Waals surface area contributed by atoms with Crippen LogP contribution in [-0.4, -0.2) is 20.3 Å². The minimum atomic E-state index is -3.15. The highest BCUT2D eigenvalue weighted by Crippen LogP contribution is 2.60. The summed E-state index contributed by atoms with van der Waals surface area (Å²) in [6, 6.07) is 11.9. The summed E-state index contributed by atoms with van der Waals surface area (Å²) >= 11 is 0. The van der Waals surface area contributed by atoms with Gasteiger partial charge in [-0.1, -0.05) is 24.3 Å². The standard InChI is InChI=1S/C17H23O4P/c1-5-20-22(18,21-6-2)13(3)14-7-8-16-12-17(19-4)10-9-15(16)11-14/h7-13H,5-6H2,1-4H3. The molecule has 0 aliphatic rings. The van der Waals surface area contributed by atoms with E-state index in [0.717, 1.165) is 22.1 Å². The largest absolute Gasteiger partial charge is 0.497 e. The van der Waals surface area contributed by atoms with E-state index < -0.39 is 7.60 Å². The average molecular weight is 322 g/mol. The quantitative estimate of drug-likeness (QED) is 0.659. The van der Waals surface area contributed by atoms with Gasteiger partial charge in [0.05, 0.1) is 26.0 Å². The van der Waals surface area contributed by atoms with E-state index in [1.54, 1.807) is 7.11 Å². The maximum absolute atomic E-state index is 12.9. The summed E-state index contributed by atoms with van der Waals surface area (Å²) in [5, 5.41) is 2.16. The first kappa shape index (κ1) is 17.0. The van der Waals surface area contributed by atoms with Crippen LogP contribution in [0, 0.1) is 0 Å². The molecule has 0 spiro atoms. The molecular weight excluding hydrogens is 299 g/mol. The zero-order chi connectivity index (χ0) is 16.2. The molecule has 0 heterocycles. The van der Waals surface area contributed by atoms with E-state index >= 15 is 0 Å². The lowest BCUT2D eigenvalue weighted by atomic mass is 10.1. The van der Waals surface area contributed by atoms with Crippen LogP contribution in [0.4, 0.5) is 0 Å². The predicted molar refractivity (Wildman–Crippen MR) is 89.8 cm³/mol. The second-order valence-electron chi connectivity index (χ2n) is 5.02. The molecule has 2 aromatic carbocycles. The molecule has 2 rings (SSSR count). The molecule has 0 radical (unpaired) electrons. The summed E-state index contributed by atoms with van der Waals surface area (Å²) in [7, 11) is -1.50. The fourth-order valence-electron chi connectivity index (χ4n) is 2.43. The first-order valence-electron chi connectivity index (χ1n) is 7.50. The highest BCUT2D eigenvalue weighted by Gasteiger charge is 2.33. The molecule has 0 saturated heterocycles. The van der Waals surface area contributed by atoms with Crippen LogP contribution in [-0.2, 0) is 13.6 Å². The Labute approximate surface area is 131 Å². The van der Waals surface area contributed by atoms with Crippen molar-refractivity contribution in [1.82, 2.24) is 0 Å². The second kappa shape index (κ2) is 7.28. The molecule has 2 aromatic rings. The van der Waals surface area contributed by atoms with Gasteiger partial charge in [-0.3, -0.25) is 4.57 Å². The molecule has 0 aliphatic carbocycles. The SMILES string of the molecule is CCOP(=O)(OCC)C(C)c1ccc2cc(OC)ccc2c1. The third kappa shape index (κ3) is 3.52. The van der Waals surface area contributed by atoms with E-state index in [-0.39, 0.29) is 5.66 Å².